The molecule has 1 aromatic heterocycles. The molecule has 0 aliphatic heterocycles. The smallest absolute Gasteiger partial charge is 0.261 e. The van der Waals surface area contributed by atoms with E-state index in [0.717, 1.165) is 10.8 Å². The van der Waals surface area contributed by atoms with Crippen LogP contribution in [-0.2, 0) is 0 Å². The van der Waals surface area contributed by atoms with E-state index in [1.807, 2.05) is 36.4 Å². The molecule has 0 bridgehead atoms. The molecule has 2 N–H and O–H groups in total. The molecule has 27 heavy (non-hydrogen) atoms. The first-order valence-corrected chi connectivity index (χ1v) is 8.40. The summed E-state index contributed by atoms with van der Waals surface area (Å²) in [5.74, 6) is -0.842. The monoisotopic (exact) mass is 358 g/mol. The molecular weight excluding hydrogens is 343 g/mol. The van der Waals surface area contributed by atoms with Crippen LogP contribution in [0.3, 0.4) is 0 Å². The molecule has 0 aliphatic carbocycles. The second-order valence-corrected chi connectivity index (χ2v) is 6.10. The second kappa shape index (κ2) is 6.88. The van der Waals surface area contributed by atoms with Crippen LogP contribution in [0.4, 0.5) is 10.1 Å². The van der Waals surface area contributed by atoms with Gasteiger partial charge in [0.25, 0.3) is 11.5 Å². The molecule has 4 rings (SSSR count). The highest BCUT2D eigenvalue weighted by molar-refractivity contribution is 6.09. The Morgan fingerprint density at radius 1 is 0.852 bits per heavy atom. The van der Waals surface area contributed by atoms with E-state index >= 15 is 0 Å². The van der Waals surface area contributed by atoms with Gasteiger partial charge in [-0.05, 0) is 53.4 Å². The Hall–Kier alpha value is -3.73. The normalized spacial score (nSPS) is 10.7. The second-order valence-electron chi connectivity index (χ2n) is 6.10. The van der Waals surface area contributed by atoms with Gasteiger partial charge in [-0.2, -0.15) is 0 Å². The third kappa shape index (κ3) is 3.35. The zero-order valence-corrected chi connectivity index (χ0v) is 14.2. The molecule has 1 amide bonds. The molecule has 3 aromatic carbocycles. The van der Waals surface area contributed by atoms with Crippen LogP contribution >= 0.6 is 0 Å². The topological polar surface area (TPSA) is 62.0 Å². The molecule has 4 nitrogen and oxygen atoms in total. The summed E-state index contributed by atoms with van der Waals surface area (Å²) in [6.45, 7) is 0. The SMILES string of the molecule is O=C(Nc1cccc2ccccc12)c1ccc(-c2ccc(F)cc2)[nH]c1=O. The molecule has 0 atom stereocenters. The van der Waals surface area contributed by atoms with Crippen molar-refractivity contribution in [3.63, 3.8) is 0 Å². The van der Waals surface area contributed by atoms with E-state index in [1.54, 1.807) is 24.3 Å². The number of aromatic amines is 1. The molecule has 5 heteroatoms. The summed E-state index contributed by atoms with van der Waals surface area (Å²) >= 11 is 0. The van der Waals surface area contributed by atoms with Crippen LogP contribution in [0.15, 0.2) is 83.7 Å². The van der Waals surface area contributed by atoms with Crippen molar-refractivity contribution in [2.75, 3.05) is 5.32 Å². The lowest BCUT2D eigenvalue weighted by molar-refractivity contribution is 0.102. The van der Waals surface area contributed by atoms with Gasteiger partial charge in [0.1, 0.15) is 11.4 Å². The fourth-order valence-corrected chi connectivity index (χ4v) is 2.97. The number of carbonyl (C=O) groups is 1. The van der Waals surface area contributed by atoms with E-state index < -0.39 is 11.5 Å². The Labute approximate surface area is 154 Å². The van der Waals surface area contributed by atoms with E-state index in [0.29, 0.717) is 16.9 Å². The lowest BCUT2D eigenvalue weighted by Crippen LogP contribution is -2.23. The van der Waals surface area contributed by atoms with Crippen molar-refractivity contribution in [3.05, 3.63) is 101 Å². The lowest BCUT2D eigenvalue weighted by Gasteiger charge is -2.09. The predicted octanol–water partition coefficient (Wildman–Crippen LogP) is 4.59. The number of halogens is 1. The van der Waals surface area contributed by atoms with Gasteiger partial charge in [0, 0.05) is 16.8 Å². The summed E-state index contributed by atoms with van der Waals surface area (Å²) < 4.78 is 13.0. The van der Waals surface area contributed by atoms with E-state index in [1.165, 1.54) is 18.2 Å². The standard InChI is InChI=1S/C22H15FN2O2/c23-16-10-8-15(9-11-16)19-13-12-18(21(26)24-19)22(27)25-20-7-3-5-14-4-1-2-6-17(14)20/h1-13H,(H,24,26)(H,25,27). The maximum Gasteiger partial charge on any atom is 0.261 e. The van der Waals surface area contributed by atoms with Crippen LogP contribution in [0.5, 0.6) is 0 Å². The predicted molar refractivity (Wildman–Crippen MR) is 104 cm³/mol. The minimum atomic E-state index is -0.505. The minimum absolute atomic E-state index is 0.00814. The van der Waals surface area contributed by atoms with Gasteiger partial charge in [-0.1, -0.05) is 36.4 Å². The van der Waals surface area contributed by atoms with E-state index in [-0.39, 0.29) is 11.4 Å². The van der Waals surface area contributed by atoms with Gasteiger partial charge >= 0.3 is 0 Å². The molecule has 1 heterocycles. The number of carbonyl (C=O) groups excluding carboxylic acids is 1. The Morgan fingerprint density at radius 2 is 1.59 bits per heavy atom. The third-order valence-electron chi connectivity index (χ3n) is 4.35. The maximum absolute atomic E-state index is 13.0. The van der Waals surface area contributed by atoms with Crippen molar-refractivity contribution >= 4 is 22.4 Å². The molecule has 132 valence electrons. The lowest BCUT2D eigenvalue weighted by atomic mass is 10.1. The Morgan fingerprint density at radius 3 is 2.37 bits per heavy atom. The molecule has 0 unspecified atom stereocenters. The number of pyridine rings is 1. The van der Waals surface area contributed by atoms with Crippen LogP contribution < -0.4 is 10.9 Å². The van der Waals surface area contributed by atoms with Gasteiger partial charge in [-0.15, -0.1) is 0 Å². The quantitative estimate of drug-likeness (QED) is 0.563. The van der Waals surface area contributed by atoms with Gasteiger partial charge < -0.3 is 10.3 Å². The minimum Gasteiger partial charge on any atom is -0.321 e. The van der Waals surface area contributed by atoms with E-state index in [9.17, 15) is 14.0 Å². The largest absolute Gasteiger partial charge is 0.321 e. The van der Waals surface area contributed by atoms with Crippen LogP contribution in [0.25, 0.3) is 22.0 Å². The van der Waals surface area contributed by atoms with Gasteiger partial charge in [0.2, 0.25) is 0 Å². The third-order valence-corrected chi connectivity index (χ3v) is 4.35. The highest BCUT2D eigenvalue weighted by Gasteiger charge is 2.13. The number of nitrogens with one attached hydrogen (secondary N) is 2. The first kappa shape index (κ1) is 16.7. The highest BCUT2D eigenvalue weighted by atomic mass is 19.1. The zero-order chi connectivity index (χ0) is 18.8. The molecule has 0 fully saturated rings. The number of hydrogen-bond donors (Lipinski definition) is 2. The number of anilines is 1. The molecule has 0 saturated carbocycles. The summed E-state index contributed by atoms with van der Waals surface area (Å²) in [7, 11) is 0. The van der Waals surface area contributed by atoms with Crippen molar-refractivity contribution in [1.29, 1.82) is 0 Å². The summed E-state index contributed by atoms with van der Waals surface area (Å²) in [4.78, 5) is 27.7. The molecule has 4 aromatic rings. The van der Waals surface area contributed by atoms with E-state index in [4.69, 9.17) is 0 Å². The molecule has 0 saturated heterocycles. The van der Waals surface area contributed by atoms with Gasteiger partial charge in [0.05, 0.1) is 0 Å². The van der Waals surface area contributed by atoms with Crippen molar-refractivity contribution in [3.8, 4) is 11.3 Å². The number of amides is 1. The first-order chi connectivity index (χ1) is 13.1. The van der Waals surface area contributed by atoms with Crippen LogP contribution in [-0.4, -0.2) is 10.9 Å². The fraction of sp³-hybridized carbons (Fsp3) is 0. The summed E-state index contributed by atoms with van der Waals surface area (Å²) in [5.41, 5.74) is 1.32. The number of fused-ring (bicyclic) bond motifs is 1. The average Bonchev–Trinajstić information content (AvgIpc) is 2.68. The number of hydrogen-bond acceptors (Lipinski definition) is 2. The summed E-state index contributed by atoms with van der Waals surface area (Å²) in [6.07, 6.45) is 0. The number of H-pyrrole nitrogens is 1. The van der Waals surface area contributed by atoms with Crippen molar-refractivity contribution in [2.24, 2.45) is 0 Å². The van der Waals surface area contributed by atoms with E-state index in [2.05, 4.69) is 10.3 Å². The molecule has 0 spiro atoms. The molecule has 0 aliphatic rings. The zero-order valence-electron chi connectivity index (χ0n) is 14.2. The fourth-order valence-electron chi connectivity index (χ4n) is 2.97. The number of rotatable bonds is 3. The van der Waals surface area contributed by atoms with Crippen molar-refractivity contribution < 1.29 is 9.18 Å². The Kier molecular flexibility index (Phi) is 4.26. The van der Waals surface area contributed by atoms with Gasteiger partial charge in [0.15, 0.2) is 0 Å². The Bertz CT molecular complexity index is 1190. The van der Waals surface area contributed by atoms with Crippen LogP contribution in [0.2, 0.25) is 0 Å². The van der Waals surface area contributed by atoms with Crippen LogP contribution in [0.1, 0.15) is 10.4 Å². The van der Waals surface area contributed by atoms with Crippen molar-refractivity contribution in [2.45, 2.75) is 0 Å². The van der Waals surface area contributed by atoms with Gasteiger partial charge in [-0.25, -0.2) is 4.39 Å². The Balaban J connectivity index is 1.64. The summed E-state index contributed by atoms with van der Waals surface area (Å²) in [6, 6.07) is 22.1. The number of aromatic nitrogens is 1. The highest BCUT2D eigenvalue weighted by Crippen LogP contribution is 2.23. The maximum atomic E-state index is 13.0. The van der Waals surface area contributed by atoms with Crippen LogP contribution in [0, 0.1) is 5.82 Å². The van der Waals surface area contributed by atoms with Crippen molar-refractivity contribution in [1.82, 2.24) is 4.98 Å². The number of benzene rings is 3. The molecule has 0 radical (unpaired) electrons. The summed E-state index contributed by atoms with van der Waals surface area (Å²) in [5, 5.41) is 4.69. The average molecular weight is 358 g/mol. The molecular formula is C22H15FN2O2. The van der Waals surface area contributed by atoms with Gasteiger partial charge in [-0.3, -0.25) is 9.59 Å². The first-order valence-electron chi connectivity index (χ1n) is 8.40.